The number of para-hydroxylation sites is 1. The molecule has 1 aliphatic heterocycles. The molecule has 0 saturated carbocycles. The Labute approximate surface area is 118 Å². The summed E-state index contributed by atoms with van der Waals surface area (Å²) in [7, 11) is 0. The molecule has 0 atom stereocenters. The topological polar surface area (TPSA) is 56.3 Å². The molecule has 0 spiro atoms. The maximum Gasteiger partial charge on any atom is 0.221 e. The summed E-state index contributed by atoms with van der Waals surface area (Å²) in [5.41, 5.74) is 2.15. The molecule has 2 heterocycles. The lowest BCUT2D eigenvalue weighted by Gasteiger charge is -2.18. The lowest BCUT2D eigenvalue weighted by atomic mass is 10.1. The zero-order chi connectivity index (χ0) is 13.6. The van der Waals surface area contributed by atoms with Crippen molar-refractivity contribution in [1.29, 1.82) is 0 Å². The Kier molecular flexibility index (Phi) is 4.08. The molecule has 0 unspecified atom stereocenters. The quantitative estimate of drug-likeness (QED) is 0.837. The number of hydrogen-bond donors (Lipinski definition) is 1. The zero-order valence-electron chi connectivity index (χ0n) is 11.2. The third-order valence-electron chi connectivity index (χ3n) is 3.17. The van der Waals surface area contributed by atoms with Crippen molar-refractivity contribution in [1.82, 2.24) is 15.3 Å². The van der Waals surface area contributed by atoms with E-state index in [-0.39, 0.29) is 0 Å². The monoisotopic (exact) mass is 271 g/mol. The summed E-state index contributed by atoms with van der Waals surface area (Å²) >= 11 is 0. The smallest absolute Gasteiger partial charge is 0.221 e. The van der Waals surface area contributed by atoms with Crippen LogP contribution in [0.15, 0.2) is 36.7 Å². The van der Waals surface area contributed by atoms with Gasteiger partial charge in [-0.1, -0.05) is 18.2 Å². The Morgan fingerprint density at radius 1 is 1.05 bits per heavy atom. The first-order chi connectivity index (χ1) is 9.93. The summed E-state index contributed by atoms with van der Waals surface area (Å²) in [6.07, 6.45) is 2.49. The lowest BCUT2D eigenvalue weighted by molar-refractivity contribution is 0.209. The second-order valence-corrected chi connectivity index (χ2v) is 4.54. The van der Waals surface area contributed by atoms with Crippen molar-refractivity contribution in [2.24, 2.45) is 0 Å². The summed E-state index contributed by atoms with van der Waals surface area (Å²) in [5.74, 6) is 1.52. The van der Waals surface area contributed by atoms with Crippen LogP contribution in [-0.4, -0.2) is 29.7 Å². The third-order valence-corrected chi connectivity index (χ3v) is 3.17. The second-order valence-electron chi connectivity index (χ2n) is 4.54. The number of ether oxygens (including phenoxy) is 2. The summed E-state index contributed by atoms with van der Waals surface area (Å²) in [4.78, 5) is 8.50. The Morgan fingerprint density at radius 3 is 2.80 bits per heavy atom. The fourth-order valence-corrected chi connectivity index (χ4v) is 2.18. The minimum Gasteiger partial charge on any atom is -0.490 e. The molecule has 1 aliphatic rings. The average molecular weight is 271 g/mol. The number of rotatable bonds is 5. The SMILES string of the molecule is c1ccc(OCCOc2ncnc3c2CNCC3)cc1. The van der Waals surface area contributed by atoms with Gasteiger partial charge in [0.05, 0.1) is 5.69 Å². The van der Waals surface area contributed by atoms with Gasteiger partial charge in [-0.05, 0) is 12.1 Å². The third kappa shape index (κ3) is 3.05. The molecule has 1 N–H and O–H groups in total. The number of hydrogen-bond acceptors (Lipinski definition) is 5. The van der Waals surface area contributed by atoms with Crippen LogP contribution in [0, 0.1) is 0 Å². The molecule has 104 valence electrons. The van der Waals surface area contributed by atoms with Gasteiger partial charge in [-0.2, -0.15) is 0 Å². The van der Waals surface area contributed by atoms with Gasteiger partial charge in [0, 0.05) is 25.1 Å². The van der Waals surface area contributed by atoms with E-state index in [0.29, 0.717) is 19.1 Å². The van der Waals surface area contributed by atoms with Crippen molar-refractivity contribution in [3.05, 3.63) is 47.9 Å². The van der Waals surface area contributed by atoms with Crippen LogP contribution in [0.1, 0.15) is 11.3 Å². The highest BCUT2D eigenvalue weighted by atomic mass is 16.5. The summed E-state index contributed by atoms with van der Waals surface area (Å²) in [6.45, 7) is 2.69. The second kappa shape index (κ2) is 6.34. The van der Waals surface area contributed by atoms with Gasteiger partial charge < -0.3 is 14.8 Å². The first-order valence-electron chi connectivity index (χ1n) is 6.77. The van der Waals surface area contributed by atoms with Gasteiger partial charge in [-0.25, -0.2) is 9.97 Å². The molecule has 1 aromatic heterocycles. The Hall–Kier alpha value is -2.14. The summed E-state index contributed by atoms with van der Waals surface area (Å²) in [5, 5.41) is 3.31. The zero-order valence-corrected chi connectivity index (χ0v) is 11.2. The number of aromatic nitrogens is 2. The highest BCUT2D eigenvalue weighted by Gasteiger charge is 2.15. The standard InChI is InChI=1S/C15H17N3O2/c1-2-4-12(5-3-1)19-8-9-20-15-13-10-16-7-6-14(13)17-11-18-15/h1-5,11,16H,6-10H2. The molecule has 2 aromatic rings. The van der Waals surface area contributed by atoms with Gasteiger partial charge >= 0.3 is 0 Å². The van der Waals surface area contributed by atoms with Crippen LogP contribution >= 0.6 is 0 Å². The molecular formula is C15H17N3O2. The molecule has 0 radical (unpaired) electrons. The number of benzene rings is 1. The first kappa shape index (κ1) is 12.9. The van der Waals surface area contributed by atoms with Crippen molar-refractivity contribution < 1.29 is 9.47 Å². The summed E-state index contributed by atoms with van der Waals surface area (Å²) in [6, 6.07) is 9.71. The van der Waals surface area contributed by atoms with Crippen LogP contribution in [-0.2, 0) is 13.0 Å². The molecule has 0 aliphatic carbocycles. The molecule has 5 heteroatoms. The average Bonchev–Trinajstić information content (AvgIpc) is 2.53. The van der Waals surface area contributed by atoms with E-state index in [4.69, 9.17) is 9.47 Å². The molecule has 20 heavy (non-hydrogen) atoms. The Bertz CT molecular complexity index is 560. The van der Waals surface area contributed by atoms with Crippen molar-refractivity contribution in [2.45, 2.75) is 13.0 Å². The first-order valence-corrected chi connectivity index (χ1v) is 6.77. The molecule has 0 fully saturated rings. The molecule has 1 aromatic carbocycles. The van der Waals surface area contributed by atoms with Gasteiger partial charge in [-0.15, -0.1) is 0 Å². The molecule has 0 bridgehead atoms. The number of nitrogens with zero attached hydrogens (tertiary/aromatic N) is 2. The highest BCUT2D eigenvalue weighted by molar-refractivity contribution is 5.31. The van der Waals surface area contributed by atoms with Crippen LogP contribution in [0.25, 0.3) is 0 Å². The van der Waals surface area contributed by atoms with Gasteiger partial charge in [0.15, 0.2) is 0 Å². The van der Waals surface area contributed by atoms with Gasteiger partial charge in [-0.3, -0.25) is 0 Å². The molecule has 3 rings (SSSR count). The molecule has 0 saturated heterocycles. The van der Waals surface area contributed by atoms with Crippen molar-refractivity contribution >= 4 is 0 Å². The lowest BCUT2D eigenvalue weighted by Crippen LogP contribution is -2.26. The van der Waals surface area contributed by atoms with E-state index in [1.165, 1.54) is 0 Å². The largest absolute Gasteiger partial charge is 0.490 e. The van der Waals surface area contributed by atoms with E-state index in [1.54, 1.807) is 6.33 Å². The van der Waals surface area contributed by atoms with Gasteiger partial charge in [0.25, 0.3) is 0 Å². The predicted molar refractivity (Wildman–Crippen MR) is 74.9 cm³/mol. The Morgan fingerprint density at radius 2 is 1.90 bits per heavy atom. The van der Waals surface area contributed by atoms with Crippen LogP contribution in [0.4, 0.5) is 0 Å². The summed E-state index contributed by atoms with van der Waals surface area (Å²) < 4.78 is 11.3. The molecule has 5 nitrogen and oxygen atoms in total. The van der Waals surface area contributed by atoms with Crippen LogP contribution in [0.5, 0.6) is 11.6 Å². The van der Waals surface area contributed by atoms with E-state index < -0.39 is 0 Å². The van der Waals surface area contributed by atoms with Crippen molar-refractivity contribution in [3.63, 3.8) is 0 Å². The van der Waals surface area contributed by atoms with Gasteiger partial charge in [0.1, 0.15) is 25.3 Å². The van der Waals surface area contributed by atoms with E-state index in [0.717, 1.165) is 36.5 Å². The molecule has 0 amide bonds. The molecular weight excluding hydrogens is 254 g/mol. The van der Waals surface area contributed by atoms with E-state index in [9.17, 15) is 0 Å². The number of fused-ring (bicyclic) bond motifs is 1. The maximum absolute atomic E-state index is 5.71. The predicted octanol–water partition coefficient (Wildman–Crippen LogP) is 1.58. The minimum atomic E-state index is 0.471. The van der Waals surface area contributed by atoms with Crippen molar-refractivity contribution in [2.75, 3.05) is 19.8 Å². The fourth-order valence-electron chi connectivity index (χ4n) is 2.18. The van der Waals surface area contributed by atoms with E-state index in [1.807, 2.05) is 30.3 Å². The van der Waals surface area contributed by atoms with Crippen LogP contribution < -0.4 is 14.8 Å². The number of nitrogens with one attached hydrogen (secondary N) is 1. The van der Waals surface area contributed by atoms with Crippen LogP contribution in [0.2, 0.25) is 0 Å². The minimum absolute atomic E-state index is 0.471. The van der Waals surface area contributed by atoms with Crippen LogP contribution in [0.3, 0.4) is 0 Å². The maximum atomic E-state index is 5.71. The normalized spacial score (nSPS) is 13.6. The van der Waals surface area contributed by atoms with E-state index >= 15 is 0 Å². The van der Waals surface area contributed by atoms with Crippen molar-refractivity contribution in [3.8, 4) is 11.6 Å². The van der Waals surface area contributed by atoms with E-state index in [2.05, 4.69) is 15.3 Å². The highest BCUT2D eigenvalue weighted by Crippen LogP contribution is 2.20. The fraction of sp³-hybridized carbons (Fsp3) is 0.333. The Balaban J connectivity index is 1.54. The van der Waals surface area contributed by atoms with Gasteiger partial charge in [0.2, 0.25) is 5.88 Å².